The molecule has 0 saturated carbocycles. The monoisotopic (exact) mass is 287 g/mol. The molecule has 6 heteroatoms. The second-order valence-electron chi connectivity index (χ2n) is 4.77. The van der Waals surface area contributed by atoms with Crippen molar-refractivity contribution in [3.8, 4) is 11.5 Å². The largest absolute Gasteiger partial charge is 0.497 e. The van der Waals surface area contributed by atoms with Crippen LogP contribution in [0.25, 0.3) is 0 Å². The molecule has 2 unspecified atom stereocenters. The van der Waals surface area contributed by atoms with E-state index in [1.807, 2.05) is 6.92 Å². The number of ether oxygens (including phenoxy) is 3. The van der Waals surface area contributed by atoms with Crippen molar-refractivity contribution in [3.05, 3.63) is 18.2 Å². The summed E-state index contributed by atoms with van der Waals surface area (Å²) in [5.41, 5.74) is 0.479. The predicted octanol–water partition coefficient (Wildman–Crippen LogP) is 3.28. The average molecular weight is 287 g/mol. The van der Waals surface area contributed by atoms with Crippen LogP contribution in [-0.4, -0.2) is 32.5 Å². The molecule has 2 atom stereocenters. The van der Waals surface area contributed by atoms with Crippen LogP contribution in [0.2, 0.25) is 0 Å². The fourth-order valence-corrected chi connectivity index (χ4v) is 2.23. The minimum absolute atomic E-state index is 0.0931. The summed E-state index contributed by atoms with van der Waals surface area (Å²) in [7, 11) is 1.52. The van der Waals surface area contributed by atoms with Gasteiger partial charge in [-0.15, -0.1) is 0 Å². The van der Waals surface area contributed by atoms with Crippen LogP contribution >= 0.6 is 0 Å². The van der Waals surface area contributed by atoms with Gasteiger partial charge in [0.05, 0.1) is 25.0 Å². The fraction of sp³-hybridized carbons (Fsp3) is 0.571. The molecule has 20 heavy (non-hydrogen) atoms. The Morgan fingerprint density at radius 3 is 2.80 bits per heavy atom. The Labute approximate surface area is 117 Å². The van der Waals surface area contributed by atoms with Crippen molar-refractivity contribution in [3.63, 3.8) is 0 Å². The third kappa shape index (κ3) is 3.96. The van der Waals surface area contributed by atoms with Gasteiger partial charge in [-0.3, -0.25) is 0 Å². The maximum atomic E-state index is 12.4. The zero-order chi connectivity index (χ0) is 14.5. The van der Waals surface area contributed by atoms with Crippen molar-refractivity contribution in [2.45, 2.75) is 38.6 Å². The van der Waals surface area contributed by atoms with E-state index in [1.54, 1.807) is 12.1 Å². The molecule has 1 aliphatic heterocycles. The van der Waals surface area contributed by atoms with Crippen LogP contribution in [0.1, 0.15) is 19.8 Å². The number of methoxy groups -OCH3 is 1. The van der Waals surface area contributed by atoms with Crippen molar-refractivity contribution < 1.29 is 23.0 Å². The van der Waals surface area contributed by atoms with Crippen LogP contribution < -0.4 is 14.8 Å². The number of halogens is 2. The van der Waals surface area contributed by atoms with E-state index < -0.39 is 6.61 Å². The summed E-state index contributed by atoms with van der Waals surface area (Å²) in [6, 6.07) is 4.68. The minimum atomic E-state index is -2.85. The summed E-state index contributed by atoms with van der Waals surface area (Å²) < 4.78 is 40.0. The van der Waals surface area contributed by atoms with E-state index in [1.165, 1.54) is 13.2 Å². The van der Waals surface area contributed by atoms with Crippen molar-refractivity contribution in [2.75, 3.05) is 19.0 Å². The lowest BCUT2D eigenvalue weighted by Gasteiger charge is -2.17. The van der Waals surface area contributed by atoms with E-state index >= 15 is 0 Å². The van der Waals surface area contributed by atoms with E-state index in [-0.39, 0.29) is 18.0 Å². The van der Waals surface area contributed by atoms with Crippen LogP contribution in [-0.2, 0) is 4.74 Å². The number of hydrogen-bond donors (Lipinski definition) is 1. The van der Waals surface area contributed by atoms with E-state index in [0.717, 1.165) is 12.8 Å². The number of anilines is 1. The Kier molecular flexibility index (Phi) is 5.00. The number of nitrogens with one attached hydrogen (secondary N) is 1. The highest BCUT2D eigenvalue weighted by atomic mass is 19.3. The summed E-state index contributed by atoms with van der Waals surface area (Å²) >= 11 is 0. The molecule has 1 saturated heterocycles. The van der Waals surface area contributed by atoms with Gasteiger partial charge in [0.1, 0.15) is 11.5 Å². The van der Waals surface area contributed by atoms with Gasteiger partial charge in [0.15, 0.2) is 0 Å². The maximum Gasteiger partial charge on any atom is 0.387 e. The van der Waals surface area contributed by atoms with Gasteiger partial charge < -0.3 is 19.5 Å². The smallest absolute Gasteiger partial charge is 0.387 e. The molecule has 1 aromatic rings. The summed E-state index contributed by atoms with van der Waals surface area (Å²) in [4.78, 5) is 0. The van der Waals surface area contributed by atoms with Gasteiger partial charge in [0.25, 0.3) is 0 Å². The van der Waals surface area contributed by atoms with E-state index in [4.69, 9.17) is 9.47 Å². The molecule has 1 fully saturated rings. The highest BCUT2D eigenvalue weighted by Crippen LogP contribution is 2.31. The third-order valence-electron chi connectivity index (χ3n) is 3.24. The van der Waals surface area contributed by atoms with Crippen LogP contribution in [0.4, 0.5) is 14.5 Å². The topological polar surface area (TPSA) is 39.7 Å². The number of rotatable bonds is 6. The van der Waals surface area contributed by atoms with E-state index in [0.29, 0.717) is 18.0 Å². The second kappa shape index (κ2) is 6.74. The summed E-state index contributed by atoms with van der Waals surface area (Å²) in [5, 5.41) is 3.09. The van der Waals surface area contributed by atoms with Gasteiger partial charge >= 0.3 is 6.61 Å². The molecule has 0 radical (unpaired) electrons. The molecule has 1 heterocycles. The number of alkyl halides is 2. The van der Waals surface area contributed by atoms with Crippen molar-refractivity contribution in [2.24, 2.45) is 0 Å². The van der Waals surface area contributed by atoms with E-state index in [2.05, 4.69) is 10.1 Å². The first-order chi connectivity index (χ1) is 9.58. The van der Waals surface area contributed by atoms with E-state index in [9.17, 15) is 8.78 Å². The van der Waals surface area contributed by atoms with Crippen molar-refractivity contribution in [1.82, 2.24) is 0 Å². The average Bonchev–Trinajstić information content (AvgIpc) is 2.83. The SMILES string of the molecule is COc1ccc(OC(F)F)c(NCC2CCC(C)O2)c1. The Balaban J connectivity index is 2.03. The summed E-state index contributed by atoms with van der Waals surface area (Å²) in [5.74, 6) is 0.682. The molecule has 0 amide bonds. The lowest BCUT2D eigenvalue weighted by Crippen LogP contribution is -2.20. The molecule has 112 valence electrons. The lowest BCUT2D eigenvalue weighted by atomic mass is 10.2. The quantitative estimate of drug-likeness (QED) is 0.871. The Hall–Kier alpha value is -1.56. The molecular formula is C14H19F2NO3. The van der Waals surface area contributed by atoms with Crippen molar-refractivity contribution in [1.29, 1.82) is 0 Å². The molecule has 1 aliphatic rings. The van der Waals surface area contributed by atoms with Crippen molar-refractivity contribution >= 4 is 5.69 Å². The summed E-state index contributed by atoms with van der Waals surface area (Å²) in [6.07, 6.45) is 2.33. The van der Waals surface area contributed by atoms with Gasteiger partial charge in [-0.2, -0.15) is 8.78 Å². The normalized spacial score (nSPS) is 22.1. The molecule has 0 aromatic heterocycles. The predicted molar refractivity (Wildman–Crippen MR) is 71.7 cm³/mol. The van der Waals surface area contributed by atoms with Gasteiger partial charge in [-0.05, 0) is 31.9 Å². The first-order valence-corrected chi connectivity index (χ1v) is 6.60. The lowest BCUT2D eigenvalue weighted by molar-refractivity contribution is -0.0494. The Morgan fingerprint density at radius 2 is 2.20 bits per heavy atom. The van der Waals surface area contributed by atoms with Crippen LogP contribution in [0.15, 0.2) is 18.2 Å². The Bertz CT molecular complexity index is 442. The highest BCUT2D eigenvalue weighted by Gasteiger charge is 2.22. The molecule has 1 N–H and O–H groups in total. The van der Waals surface area contributed by atoms with Crippen LogP contribution in [0, 0.1) is 0 Å². The minimum Gasteiger partial charge on any atom is -0.497 e. The number of benzene rings is 1. The molecule has 0 bridgehead atoms. The zero-order valence-electron chi connectivity index (χ0n) is 11.6. The second-order valence-corrected chi connectivity index (χ2v) is 4.77. The third-order valence-corrected chi connectivity index (χ3v) is 3.24. The first-order valence-electron chi connectivity index (χ1n) is 6.60. The zero-order valence-corrected chi connectivity index (χ0v) is 11.6. The molecule has 0 aliphatic carbocycles. The fourth-order valence-electron chi connectivity index (χ4n) is 2.23. The first kappa shape index (κ1) is 14.8. The van der Waals surface area contributed by atoms with Gasteiger partial charge in [-0.1, -0.05) is 0 Å². The Morgan fingerprint density at radius 1 is 1.40 bits per heavy atom. The highest BCUT2D eigenvalue weighted by molar-refractivity contribution is 5.59. The maximum absolute atomic E-state index is 12.4. The van der Waals surface area contributed by atoms with Crippen LogP contribution in [0.3, 0.4) is 0 Å². The molecular weight excluding hydrogens is 268 g/mol. The molecule has 1 aromatic carbocycles. The standard InChI is InChI=1S/C14H19F2NO3/c1-9-3-4-11(19-9)8-17-12-7-10(18-2)5-6-13(12)20-14(15)16/h5-7,9,11,14,17H,3-4,8H2,1-2H3. The molecule has 2 rings (SSSR count). The van der Waals surface area contributed by atoms with Gasteiger partial charge in [0, 0.05) is 12.6 Å². The number of hydrogen-bond acceptors (Lipinski definition) is 4. The summed E-state index contributed by atoms with van der Waals surface area (Å²) in [6.45, 7) is -0.278. The molecule has 0 spiro atoms. The van der Waals surface area contributed by atoms with Gasteiger partial charge in [0.2, 0.25) is 0 Å². The van der Waals surface area contributed by atoms with Gasteiger partial charge in [-0.25, -0.2) is 0 Å². The molecule has 4 nitrogen and oxygen atoms in total. The van der Waals surface area contributed by atoms with Crippen LogP contribution in [0.5, 0.6) is 11.5 Å².